The molecule has 0 N–H and O–H groups in total. The highest BCUT2D eigenvalue weighted by Gasteiger charge is 2.29. The quantitative estimate of drug-likeness (QED) is 0.778. The largest absolute Gasteiger partial charge is 0.466 e. The fourth-order valence-corrected chi connectivity index (χ4v) is 2.64. The van der Waals surface area contributed by atoms with E-state index in [-0.39, 0.29) is 24.6 Å². The van der Waals surface area contributed by atoms with Gasteiger partial charge in [-0.2, -0.15) is 0 Å². The second kappa shape index (κ2) is 6.79. The molecule has 1 saturated heterocycles. The number of carbonyl (C=O) groups excluding carboxylic acids is 1. The highest BCUT2D eigenvalue weighted by Crippen LogP contribution is 2.31. The number of hydrogen-bond donors (Lipinski definition) is 0. The lowest BCUT2D eigenvalue weighted by molar-refractivity contribution is -0.144. The third-order valence-electron chi connectivity index (χ3n) is 3.59. The standard InChI is InChI=1S/C15H19F2NO2/c1-2-20-14(19)10-13(18-8-3-4-9-18)11-6-5-7-12(16)15(11)17/h5-7,13H,2-4,8-10H2,1H3. The van der Waals surface area contributed by atoms with Gasteiger partial charge < -0.3 is 4.74 Å². The van der Waals surface area contributed by atoms with Gasteiger partial charge in [-0.1, -0.05) is 12.1 Å². The maximum absolute atomic E-state index is 14.0. The number of rotatable bonds is 5. The first kappa shape index (κ1) is 14.9. The van der Waals surface area contributed by atoms with Gasteiger partial charge in [-0.3, -0.25) is 9.69 Å². The van der Waals surface area contributed by atoms with Crippen LogP contribution in [0.4, 0.5) is 8.78 Å². The number of halogens is 2. The second-order valence-corrected chi connectivity index (χ2v) is 4.91. The molecule has 1 fully saturated rings. The van der Waals surface area contributed by atoms with Crippen LogP contribution in [0.3, 0.4) is 0 Å². The van der Waals surface area contributed by atoms with Crippen molar-refractivity contribution < 1.29 is 18.3 Å². The minimum absolute atomic E-state index is 0.0498. The molecule has 0 aromatic heterocycles. The van der Waals surface area contributed by atoms with Gasteiger partial charge in [0.25, 0.3) is 0 Å². The molecule has 1 unspecified atom stereocenters. The Labute approximate surface area is 117 Å². The Morgan fingerprint density at radius 3 is 2.70 bits per heavy atom. The summed E-state index contributed by atoms with van der Waals surface area (Å²) in [7, 11) is 0. The van der Waals surface area contributed by atoms with Crippen molar-refractivity contribution in [1.29, 1.82) is 0 Å². The number of nitrogens with zero attached hydrogens (tertiary/aromatic N) is 1. The monoisotopic (exact) mass is 283 g/mol. The molecule has 0 aliphatic carbocycles. The SMILES string of the molecule is CCOC(=O)CC(c1cccc(F)c1F)N1CCCC1. The zero-order valence-corrected chi connectivity index (χ0v) is 11.6. The Hall–Kier alpha value is -1.49. The first-order chi connectivity index (χ1) is 9.63. The van der Waals surface area contributed by atoms with Crippen molar-refractivity contribution in [2.75, 3.05) is 19.7 Å². The Morgan fingerprint density at radius 1 is 1.35 bits per heavy atom. The van der Waals surface area contributed by atoms with Gasteiger partial charge in [0.15, 0.2) is 11.6 Å². The summed E-state index contributed by atoms with van der Waals surface area (Å²) in [6.07, 6.45) is 2.07. The summed E-state index contributed by atoms with van der Waals surface area (Å²) >= 11 is 0. The van der Waals surface area contributed by atoms with Crippen molar-refractivity contribution in [3.63, 3.8) is 0 Å². The maximum Gasteiger partial charge on any atom is 0.307 e. The van der Waals surface area contributed by atoms with E-state index < -0.39 is 17.7 Å². The van der Waals surface area contributed by atoms with Crippen LogP contribution < -0.4 is 0 Å². The number of ether oxygens (including phenoxy) is 1. The van der Waals surface area contributed by atoms with Crippen LogP contribution in [-0.2, 0) is 9.53 Å². The summed E-state index contributed by atoms with van der Waals surface area (Å²) < 4.78 is 32.3. The van der Waals surface area contributed by atoms with Crippen molar-refractivity contribution in [3.05, 3.63) is 35.4 Å². The van der Waals surface area contributed by atoms with E-state index >= 15 is 0 Å². The number of benzene rings is 1. The normalized spacial score (nSPS) is 17.1. The van der Waals surface area contributed by atoms with Crippen LogP contribution in [0.25, 0.3) is 0 Å². The van der Waals surface area contributed by atoms with Crippen molar-refractivity contribution >= 4 is 5.97 Å². The van der Waals surface area contributed by atoms with Gasteiger partial charge in [-0.05, 0) is 38.9 Å². The molecule has 0 radical (unpaired) electrons. The summed E-state index contributed by atoms with van der Waals surface area (Å²) in [6.45, 7) is 3.60. The Bertz CT molecular complexity index is 473. The van der Waals surface area contributed by atoms with E-state index in [0.29, 0.717) is 0 Å². The highest BCUT2D eigenvalue weighted by atomic mass is 19.2. The molecular weight excluding hydrogens is 264 g/mol. The average molecular weight is 283 g/mol. The molecule has 0 amide bonds. The zero-order chi connectivity index (χ0) is 14.5. The smallest absolute Gasteiger partial charge is 0.307 e. The summed E-state index contributed by atoms with van der Waals surface area (Å²) in [4.78, 5) is 13.7. The minimum atomic E-state index is -0.879. The van der Waals surface area contributed by atoms with Gasteiger partial charge >= 0.3 is 5.97 Å². The van der Waals surface area contributed by atoms with Crippen LogP contribution in [0.15, 0.2) is 18.2 Å². The molecule has 1 heterocycles. The third kappa shape index (κ3) is 3.33. The van der Waals surface area contributed by atoms with E-state index in [1.165, 1.54) is 6.07 Å². The molecule has 1 atom stereocenters. The molecule has 110 valence electrons. The molecule has 5 heteroatoms. The molecule has 2 rings (SSSR count). The van der Waals surface area contributed by atoms with Crippen LogP contribution in [-0.4, -0.2) is 30.6 Å². The fraction of sp³-hybridized carbons (Fsp3) is 0.533. The molecule has 0 spiro atoms. The van der Waals surface area contributed by atoms with Crippen LogP contribution in [0.5, 0.6) is 0 Å². The summed E-state index contributed by atoms with van der Waals surface area (Å²) in [5.41, 5.74) is 0.236. The topological polar surface area (TPSA) is 29.5 Å². The van der Waals surface area contributed by atoms with Gasteiger partial charge in [-0.15, -0.1) is 0 Å². The Kier molecular flexibility index (Phi) is 5.06. The van der Waals surface area contributed by atoms with Crippen molar-refractivity contribution in [3.8, 4) is 0 Å². The molecule has 3 nitrogen and oxygen atoms in total. The molecule has 20 heavy (non-hydrogen) atoms. The molecule has 1 aliphatic heterocycles. The Balaban J connectivity index is 2.25. The molecule has 1 aromatic rings. The van der Waals surface area contributed by atoms with Gasteiger partial charge in [0.1, 0.15) is 0 Å². The maximum atomic E-state index is 14.0. The predicted molar refractivity (Wildman–Crippen MR) is 71.2 cm³/mol. The molecule has 0 bridgehead atoms. The molecular formula is C15H19F2NO2. The third-order valence-corrected chi connectivity index (χ3v) is 3.59. The summed E-state index contributed by atoms with van der Waals surface area (Å²) in [5, 5.41) is 0. The van der Waals surface area contributed by atoms with E-state index in [9.17, 15) is 13.6 Å². The fourth-order valence-electron chi connectivity index (χ4n) is 2.64. The number of likely N-dealkylation sites (tertiary alicyclic amines) is 1. The highest BCUT2D eigenvalue weighted by molar-refractivity contribution is 5.70. The van der Waals surface area contributed by atoms with Crippen molar-refractivity contribution in [1.82, 2.24) is 4.90 Å². The molecule has 1 aliphatic rings. The first-order valence-electron chi connectivity index (χ1n) is 6.97. The van der Waals surface area contributed by atoms with Gasteiger partial charge in [0.05, 0.1) is 13.0 Å². The van der Waals surface area contributed by atoms with Gasteiger partial charge in [0.2, 0.25) is 0 Å². The number of esters is 1. The van der Waals surface area contributed by atoms with Gasteiger partial charge in [-0.25, -0.2) is 8.78 Å². The lowest BCUT2D eigenvalue weighted by Gasteiger charge is -2.27. The minimum Gasteiger partial charge on any atom is -0.466 e. The van der Waals surface area contributed by atoms with E-state index in [2.05, 4.69) is 0 Å². The molecule has 0 saturated carbocycles. The molecule has 1 aromatic carbocycles. The average Bonchev–Trinajstić information content (AvgIpc) is 2.94. The Morgan fingerprint density at radius 2 is 2.05 bits per heavy atom. The van der Waals surface area contributed by atoms with Crippen LogP contribution in [0, 0.1) is 11.6 Å². The van der Waals surface area contributed by atoms with Crippen LogP contribution >= 0.6 is 0 Å². The van der Waals surface area contributed by atoms with Crippen molar-refractivity contribution in [2.24, 2.45) is 0 Å². The van der Waals surface area contributed by atoms with E-state index in [1.54, 1.807) is 13.0 Å². The number of carbonyl (C=O) groups is 1. The van der Waals surface area contributed by atoms with E-state index in [0.717, 1.165) is 32.0 Å². The summed E-state index contributed by atoms with van der Waals surface area (Å²) in [6, 6.07) is 3.65. The lowest BCUT2D eigenvalue weighted by Crippen LogP contribution is -2.29. The lowest BCUT2D eigenvalue weighted by atomic mass is 10.0. The second-order valence-electron chi connectivity index (χ2n) is 4.91. The number of hydrogen-bond acceptors (Lipinski definition) is 3. The predicted octanol–water partition coefficient (Wildman–Crippen LogP) is 3.05. The van der Waals surface area contributed by atoms with Crippen LogP contribution in [0.2, 0.25) is 0 Å². The van der Waals surface area contributed by atoms with Crippen molar-refractivity contribution in [2.45, 2.75) is 32.2 Å². The summed E-state index contributed by atoms with van der Waals surface area (Å²) in [5.74, 6) is -2.13. The first-order valence-corrected chi connectivity index (χ1v) is 6.97. The zero-order valence-electron chi connectivity index (χ0n) is 11.6. The van der Waals surface area contributed by atoms with E-state index in [1.807, 2.05) is 4.90 Å². The van der Waals surface area contributed by atoms with Gasteiger partial charge in [0, 0.05) is 11.6 Å². The van der Waals surface area contributed by atoms with E-state index in [4.69, 9.17) is 4.74 Å². The van der Waals surface area contributed by atoms with Crippen LogP contribution in [0.1, 0.15) is 37.8 Å².